The van der Waals surface area contributed by atoms with Crippen molar-refractivity contribution in [3.63, 3.8) is 0 Å². The van der Waals surface area contributed by atoms with E-state index >= 15 is 0 Å². The molecule has 0 aliphatic heterocycles. The van der Waals surface area contributed by atoms with Gasteiger partial charge in [0.1, 0.15) is 0 Å². The van der Waals surface area contributed by atoms with Crippen LogP contribution in [0.4, 0.5) is 0 Å². The summed E-state index contributed by atoms with van der Waals surface area (Å²) in [6.45, 7) is 2.25. The van der Waals surface area contributed by atoms with E-state index in [4.69, 9.17) is 0 Å². The highest BCUT2D eigenvalue weighted by molar-refractivity contribution is 9.10. The smallest absolute Gasteiger partial charge is 0.0626 e. The van der Waals surface area contributed by atoms with E-state index < -0.39 is 0 Å². The molecule has 0 amide bonds. The van der Waals surface area contributed by atoms with Gasteiger partial charge in [-0.05, 0) is 29.7 Å². The molecule has 0 aliphatic carbocycles. The van der Waals surface area contributed by atoms with Gasteiger partial charge in [0.15, 0.2) is 0 Å². The minimum atomic E-state index is -0.0372. The summed E-state index contributed by atoms with van der Waals surface area (Å²) < 4.78 is 1.08. The lowest BCUT2D eigenvalue weighted by Gasteiger charge is -2.24. The van der Waals surface area contributed by atoms with E-state index in [2.05, 4.69) is 52.4 Å². The molecule has 0 saturated carbocycles. The molecule has 2 aromatic rings. The van der Waals surface area contributed by atoms with Crippen molar-refractivity contribution < 1.29 is 5.11 Å². The Hall–Kier alpha value is -1.16. The standard InChI is InChI=1S/C17H20BrNO/c1-2-16(14-8-10-15(18)11-9-14)19-17(12-20)13-6-4-3-5-7-13/h3-11,16-17,19-20H,2,12H2,1H3/t16?,17-/m0/s1. The summed E-state index contributed by atoms with van der Waals surface area (Å²) >= 11 is 3.46. The zero-order valence-electron chi connectivity index (χ0n) is 11.6. The Bertz CT molecular complexity index is 512. The summed E-state index contributed by atoms with van der Waals surface area (Å²) in [5.74, 6) is 0. The average Bonchev–Trinajstić information content (AvgIpc) is 2.51. The van der Waals surface area contributed by atoms with Gasteiger partial charge in [0.05, 0.1) is 12.6 Å². The van der Waals surface area contributed by atoms with Crippen LogP contribution in [0.25, 0.3) is 0 Å². The van der Waals surface area contributed by atoms with Crippen molar-refractivity contribution in [2.75, 3.05) is 6.61 Å². The van der Waals surface area contributed by atoms with Crippen LogP contribution in [-0.2, 0) is 0 Å². The van der Waals surface area contributed by atoms with Gasteiger partial charge >= 0.3 is 0 Å². The minimum absolute atomic E-state index is 0.0372. The van der Waals surface area contributed by atoms with Crippen LogP contribution in [0.5, 0.6) is 0 Å². The largest absolute Gasteiger partial charge is 0.394 e. The number of hydrogen-bond acceptors (Lipinski definition) is 2. The zero-order valence-corrected chi connectivity index (χ0v) is 13.2. The van der Waals surface area contributed by atoms with Crippen LogP contribution in [-0.4, -0.2) is 11.7 Å². The lowest BCUT2D eigenvalue weighted by Crippen LogP contribution is -2.28. The highest BCUT2D eigenvalue weighted by Crippen LogP contribution is 2.23. The molecule has 2 N–H and O–H groups in total. The molecule has 0 saturated heterocycles. The van der Waals surface area contributed by atoms with E-state index in [-0.39, 0.29) is 18.7 Å². The summed E-state index contributed by atoms with van der Waals surface area (Å²) in [5, 5.41) is 13.2. The molecule has 0 spiro atoms. The average molecular weight is 334 g/mol. The maximum atomic E-state index is 9.64. The first kappa shape index (κ1) is 15.2. The third-order valence-corrected chi connectivity index (χ3v) is 4.00. The van der Waals surface area contributed by atoms with Gasteiger partial charge in [-0.15, -0.1) is 0 Å². The summed E-state index contributed by atoms with van der Waals surface area (Å²) in [6.07, 6.45) is 0.977. The van der Waals surface area contributed by atoms with Crippen LogP contribution >= 0.6 is 15.9 Å². The van der Waals surface area contributed by atoms with Crippen molar-refractivity contribution in [1.29, 1.82) is 0 Å². The summed E-state index contributed by atoms with van der Waals surface area (Å²) in [7, 11) is 0. The Morgan fingerprint density at radius 3 is 2.10 bits per heavy atom. The highest BCUT2D eigenvalue weighted by Gasteiger charge is 2.16. The molecule has 0 bridgehead atoms. The molecule has 2 nitrogen and oxygen atoms in total. The fourth-order valence-electron chi connectivity index (χ4n) is 2.33. The van der Waals surface area contributed by atoms with E-state index in [1.54, 1.807) is 0 Å². The predicted octanol–water partition coefficient (Wildman–Crippen LogP) is 4.22. The van der Waals surface area contributed by atoms with Gasteiger partial charge in [0.25, 0.3) is 0 Å². The van der Waals surface area contributed by atoms with Gasteiger partial charge < -0.3 is 10.4 Å². The molecule has 106 valence electrons. The fraction of sp³-hybridized carbons (Fsp3) is 0.294. The van der Waals surface area contributed by atoms with Crippen LogP contribution in [0, 0.1) is 0 Å². The number of nitrogens with one attached hydrogen (secondary N) is 1. The van der Waals surface area contributed by atoms with Crippen LogP contribution in [0.3, 0.4) is 0 Å². The lowest BCUT2D eigenvalue weighted by atomic mass is 10.0. The second kappa shape index (κ2) is 7.58. The highest BCUT2D eigenvalue weighted by atomic mass is 79.9. The maximum absolute atomic E-state index is 9.64. The van der Waals surface area contributed by atoms with Gasteiger partial charge in [0.2, 0.25) is 0 Å². The van der Waals surface area contributed by atoms with E-state index in [1.807, 2.05) is 30.3 Å². The van der Waals surface area contributed by atoms with Gasteiger partial charge in [-0.3, -0.25) is 0 Å². The summed E-state index contributed by atoms with van der Waals surface area (Å²) in [5.41, 5.74) is 2.36. The summed E-state index contributed by atoms with van der Waals surface area (Å²) in [6, 6.07) is 18.6. The van der Waals surface area contributed by atoms with Gasteiger partial charge in [-0.25, -0.2) is 0 Å². The van der Waals surface area contributed by atoms with Crippen molar-refractivity contribution >= 4 is 15.9 Å². The van der Waals surface area contributed by atoms with E-state index in [9.17, 15) is 5.11 Å². The second-order valence-electron chi connectivity index (χ2n) is 4.82. The van der Waals surface area contributed by atoms with Crippen LogP contribution in [0.15, 0.2) is 59.1 Å². The SMILES string of the molecule is CCC(N[C@@H](CO)c1ccccc1)c1ccc(Br)cc1. The molecule has 0 heterocycles. The number of rotatable bonds is 6. The van der Waals surface area contributed by atoms with Gasteiger partial charge in [-0.2, -0.15) is 0 Å². The summed E-state index contributed by atoms with van der Waals surface area (Å²) in [4.78, 5) is 0. The Kier molecular flexibility index (Phi) is 5.77. The number of benzene rings is 2. The third-order valence-electron chi connectivity index (χ3n) is 3.47. The number of hydrogen-bond donors (Lipinski definition) is 2. The Labute approximate surface area is 129 Å². The monoisotopic (exact) mass is 333 g/mol. The van der Waals surface area contributed by atoms with E-state index in [0.717, 1.165) is 16.5 Å². The molecule has 0 fully saturated rings. The molecule has 3 heteroatoms. The number of halogens is 1. The topological polar surface area (TPSA) is 32.3 Å². The first-order chi connectivity index (χ1) is 9.74. The van der Waals surface area contributed by atoms with Crippen molar-refractivity contribution in [2.24, 2.45) is 0 Å². The normalized spacial score (nSPS) is 13.9. The molecule has 20 heavy (non-hydrogen) atoms. The van der Waals surface area contributed by atoms with Crippen molar-refractivity contribution in [1.82, 2.24) is 5.32 Å². The molecule has 2 aromatic carbocycles. The molecular weight excluding hydrogens is 314 g/mol. The molecule has 0 aromatic heterocycles. The van der Waals surface area contributed by atoms with Gasteiger partial charge in [0, 0.05) is 10.5 Å². The molecular formula is C17H20BrNO. The predicted molar refractivity (Wildman–Crippen MR) is 86.6 cm³/mol. The fourth-order valence-corrected chi connectivity index (χ4v) is 2.59. The maximum Gasteiger partial charge on any atom is 0.0626 e. The third kappa shape index (κ3) is 3.92. The Morgan fingerprint density at radius 2 is 1.55 bits per heavy atom. The molecule has 0 aliphatic rings. The minimum Gasteiger partial charge on any atom is -0.394 e. The van der Waals surface area contributed by atoms with Crippen LogP contribution < -0.4 is 5.32 Å². The van der Waals surface area contributed by atoms with E-state index in [0.29, 0.717) is 0 Å². The second-order valence-corrected chi connectivity index (χ2v) is 5.74. The van der Waals surface area contributed by atoms with Crippen molar-refractivity contribution in [2.45, 2.75) is 25.4 Å². The Morgan fingerprint density at radius 1 is 0.950 bits per heavy atom. The van der Waals surface area contributed by atoms with Crippen LogP contribution in [0.2, 0.25) is 0 Å². The number of aliphatic hydroxyl groups is 1. The molecule has 0 radical (unpaired) electrons. The first-order valence-electron chi connectivity index (χ1n) is 6.92. The Balaban J connectivity index is 2.14. The molecule has 2 rings (SSSR count). The van der Waals surface area contributed by atoms with Crippen molar-refractivity contribution in [3.8, 4) is 0 Å². The van der Waals surface area contributed by atoms with Crippen molar-refractivity contribution in [3.05, 3.63) is 70.2 Å². The van der Waals surface area contributed by atoms with E-state index in [1.165, 1.54) is 5.56 Å². The quantitative estimate of drug-likeness (QED) is 0.829. The lowest BCUT2D eigenvalue weighted by molar-refractivity contribution is 0.232. The van der Waals surface area contributed by atoms with Crippen LogP contribution in [0.1, 0.15) is 36.6 Å². The number of aliphatic hydroxyl groups excluding tert-OH is 1. The zero-order chi connectivity index (χ0) is 14.4. The molecule has 1 unspecified atom stereocenters. The first-order valence-corrected chi connectivity index (χ1v) is 7.71. The molecule has 2 atom stereocenters. The van der Waals surface area contributed by atoms with Gasteiger partial charge in [-0.1, -0.05) is 65.3 Å².